The summed E-state index contributed by atoms with van der Waals surface area (Å²) < 4.78 is 0. The number of hydrogen-bond donors (Lipinski definition) is 0. The third-order valence-electron chi connectivity index (χ3n) is 1.27. The maximum atomic E-state index is 3.83. The number of allylic oxidation sites excluding steroid dienone is 1. The van der Waals surface area contributed by atoms with Gasteiger partial charge in [0, 0.05) is 0 Å². The molecule has 0 aromatic heterocycles. The van der Waals surface area contributed by atoms with Gasteiger partial charge < -0.3 is 0 Å². The fraction of sp³-hybridized carbons (Fsp3) is 0.100. The molecule has 1 radical (unpaired) electrons. The zero-order valence-corrected chi connectivity index (χ0v) is 6.59. The van der Waals surface area contributed by atoms with Crippen LogP contribution in [0.1, 0.15) is 12.5 Å². The first-order valence-corrected chi connectivity index (χ1v) is 3.01. The lowest BCUT2D eigenvalue weighted by Gasteiger charge is -1.94. The van der Waals surface area contributed by atoms with Crippen LogP contribution in [0.4, 0.5) is 0 Å². The van der Waals surface area contributed by atoms with E-state index >= 15 is 0 Å². The second-order valence-corrected chi connectivity index (χ2v) is 2.15. The van der Waals surface area contributed by atoms with Crippen LogP contribution < -0.4 is 0 Å². The first-order valence-electron chi connectivity index (χ1n) is 3.01. The third kappa shape index (κ3) is 2.06. The average molecular weight is 133 g/mol. The summed E-state index contributed by atoms with van der Waals surface area (Å²) in [6.45, 7) is 5.83. The van der Waals surface area contributed by atoms with Crippen molar-refractivity contribution in [1.29, 1.82) is 0 Å². The molecular weight excluding hydrogens is 120 g/mol. The van der Waals surface area contributed by atoms with E-state index in [-0.39, 0.29) is 7.43 Å². The molecule has 0 N–H and O–H groups in total. The number of benzene rings is 1. The third-order valence-corrected chi connectivity index (χ3v) is 1.27. The van der Waals surface area contributed by atoms with Gasteiger partial charge in [-0.05, 0) is 12.5 Å². The van der Waals surface area contributed by atoms with E-state index in [2.05, 4.69) is 18.7 Å². The maximum Gasteiger partial charge on any atom is -0.0233 e. The second kappa shape index (κ2) is 3.89. The molecule has 1 aromatic rings. The van der Waals surface area contributed by atoms with E-state index in [1.165, 1.54) is 5.56 Å². The lowest BCUT2D eigenvalue weighted by Crippen LogP contribution is -1.72. The minimum Gasteiger partial charge on any atom is -0.0955 e. The second-order valence-electron chi connectivity index (χ2n) is 2.15. The summed E-state index contributed by atoms with van der Waals surface area (Å²) in [5, 5.41) is 0. The minimum atomic E-state index is 0. The van der Waals surface area contributed by atoms with Crippen molar-refractivity contribution >= 4 is 5.57 Å². The summed E-state index contributed by atoms with van der Waals surface area (Å²) in [4.78, 5) is 0. The van der Waals surface area contributed by atoms with Gasteiger partial charge in [-0.1, -0.05) is 49.9 Å². The van der Waals surface area contributed by atoms with E-state index in [1.807, 2.05) is 25.1 Å². The molecule has 0 atom stereocenters. The van der Waals surface area contributed by atoms with Crippen LogP contribution >= 0.6 is 0 Å². The largest absolute Gasteiger partial charge is 0.0955 e. The lowest BCUT2D eigenvalue weighted by molar-refractivity contribution is 1.58. The van der Waals surface area contributed by atoms with Crippen LogP contribution in [-0.2, 0) is 0 Å². The fourth-order valence-corrected chi connectivity index (χ4v) is 0.723. The van der Waals surface area contributed by atoms with Crippen LogP contribution in [0.25, 0.3) is 5.57 Å². The molecule has 0 aliphatic heterocycles. The van der Waals surface area contributed by atoms with E-state index in [9.17, 15) is 0 Å². The topological polar surface area (TPSA) is 0 Å². The summed E-state index contributed by atoms with van der Waals surface area (Å²) in [7, 11) is 0. The summed E-state index contributed by atoms with van der Waals surface area (Å²) in [5.41, 5.74) is 2.34. The normalized spacial score (nSPS) is 8.10. The van der Waals surface area contributed by atoms with Crippen molar-refractivity contribution in [1.82, 2.24) is 0 Å². The van der Waals surface area contributed by atoms with Gasteiger partial charge >= 0.3 is 0 Å². The minimum absolute atomic E-state index is 0. The van der Waals surface area contributed by atoms with Crippen LogP contribution in [0.3, 0.4) is 0 Å². The lowest BCUT2D eigenvalue weighted by atomic mass is 10.1. The Morgan fingerprint density at radius 3 is 2.00 bits per heavy atom. The molecule has 0 bridgehead atoms. The molecule has 0 saturated heterocycles. The van der Waals surface area contributed by atoms with Crippen molar-refractivity contribution < 1.29 is 0 Å². The van der Waals surface area contributed by atoms with Crippen LogP contribution in [0.5, 0.6) is 0 Å². The van der Waals surface area contributed by atoms with Crippen LogP contribution in [0.2, 0.25) is 0 Å². The van der Waals surface area contributed by atoms with E-state index in [0.29, 0.717) is 0 Å². The van der Waals surface area contributed by atoms with Gasteiger partial charge in [-0.25, -0.2) is 0 Å². The van der Waals surface area contributed by atoms with Gasteiger partial charge in [0.05, 0.1) is 0 Å². The quantitative estimate of drug-likeness (QED) is 0.552. The van der Waals surface area contributed by atoms with Crippen molar-refractivity contribution in [2.45, 2.75) is 6.92 Å². The summed E-state index contributed by atoms with van der Waals surface area (Å²) in [6, 6.07) is 10.2. The SMILES string of the molecule is C=C(C)c1ccccc1.[CH3]. The molecule has 0 amide bonds. The Hall–Kier alpha value is -1.04. The Balaban J connectivity index is 0.000000810. The van der Waals surface area contributed by atoms with E-state index in [1.54, 1.807) is 0 Å². The first kappa shape index (κ1) is 8.96. The predicted molar refractivity (Wildman–Crippen MR) is 47.6 cm³/mol. The van der Waals surface area contributed by atoms with Crippen LogP contribution in [-0.4, -0.2) is 0 Å². The van der Waals surface area contributed by atoms with Gasteiger partial charge in [-0.3, -0.25) is 0 Å². The molecule has 0 nitrogen and oxygen atoms in total. The van der Waals surface area contributed by atoms with Crippen molar-refractivity contribution in [2.24, 2.45) is 0 Å². The van der Waals surface area contributed by atoms with Gasteiger partial charge in [0.25, 0.3) is 0 Å². The highest BCUT2D eigenvalue weighted by Gasteiger charge is 1.86. The number of hydrogen-bond acceptors (Lipinski definition) is 0. The summed E-state index contributed by atoms with van der Waals surface area (Å²) in [5.74, 6) is 0. The van der Waals surface area contributed by atoms with Gasteiger partial charge in [-0.2, -0.15) is 0 Å². The molecule has 0 aliphatic rings. The zero-order valence-electron chi connectivity index (χ0n) is 6.59. The highest BCUT2D eigenvalue weighted by Crippen LogP contribution is 2.08. The highest BCUT2D eigenvalue weighted by molar-refractivity contribution is 5.60. The molecule has 10 heavy (non-hydrogen) atoms. The molecule has 0 fully saturated rings. The summed E-state index contributed by atoms with van der Waals surface area (Å²) in [6.07, 6.45) is 0. The summed E-state index contributed by atoms with van der Waals surface area (Å²) >= 11 is 0. The molecular formula is C10H13. The first-order chi connectivity index (χ1) is 4.30. The zero-order chi connectivity index (χ0) is 6.69. The molecule has 0 heteroatoms. The van der Waals surface area contributed by atoms with Gasteiger partial charge in [0.1, 0.15) is 0 Å². The highest BCUT2D eigenvalue weighted by atomic mass is 13.9. The molecule has 0 spiro atoms. The Bertz CT molecular complexity index is 197. The molecule has 1 rings (SSSR count). The van der Waals surface area contributed by atoms with Gasteiger partial charge in [-0.15, -0.1) is 0 Å². The Morgan fingerprint density at radius 1 is 1.20 bits per heavy atom. The van der Waals surface area contributed by atoms with Gasteiger partial charge in [0.2, 0.25) is 0 Å². The molecule has 0 aliphatic carbocycles. The molecule has 53 valence electrons. The van der Waals surface area contributed by atoms with E-state index < -0.39 is 0 Å². The smallest absolute Gasteiger partial charge is 0.0233 e. The van der Waals surface area contributed by atoms with Gasteiger partial charge in [0.15, 0.2) is 0 Å². The molecule has 0 unspecified atom stereocenters. The monoisotopic (exact) mass is 133 g/mol. The average Bonchev–Trinajstić information content (AvgIpc) is 1.90. The van der Waals surface area contributed by atoms with Crippen LogP contribution in [0, 0.1) is 7.43 Å². The maximum absolute atomic E-state index is 3.83. The van der Waals surface area contributed by atoms with Crippen molar-refractivity contribution in [3.63, 3.8) is 0 Å². The molecule has 0 saturated carbocycles. The standard InChI is InChI=1S/C9H10.CH3/c1-8(2)9-6-4-3-5-7-9;/h3-7H,1H2,2H3;1H3. The Morgan fingerprint density at radius 2 is 1.70 bits per heavy atom. The van der Waals surface area contributed by atoms with Crippen molar-refractivity contribution in [3.05, 3.63) is 49.9 Å². The van der Waals surface area contributed by atoms with Crippen molar-refractivity contribution in [3.8, 4) is 0 Å². The van der Waals surface area contributed by atoms with Crippen molar-refractivity contribution in [2.75, 3.05) is 0 Å². The van der Waals surface area contributed by atoms with Crippen LogP contribution in [0.15, 0.2) is 36.9 Å². The van der Waals surface area contributed by atoms with E-state index in [4.69, 9.17) is 0 Å². The number of rotatable bonds is 1. The Labute approximate surface area is 63.2 Å². The molecule has 1 aromatic carbocycles. The fourth-order valence-electron chi connectivity index (χ4n) is 0.723. The van der Waals surface area contributed by atoms with E-state index in [0.717, 1.165) is 5.57 Å². The predicted octanol–water partition coefficient (Wildman–Crippen LogP) is 3.17. The Kier molecular flexibility index (Phi) is 3.48. The molecule has 0 heterocycles.